The smallest absolute Gasteiger partial charge is 0.110 e. The Morgan fingerprint density at radius 3 is 2.72 bits per heavy atom. The van der Waals surface area contributed by atoms with Gasteiger partial charge in [0.1, 0.15) is 5.01 Å². The summed E-state index contributed by atoms with van der Waals surface area (Å²) in [7, 11) is 3.79. The average Bonchev–Trinajstić information content (AvgIpc) is 2.79. The number of hydrogen-bond acceptors (Lipinski definition) is 4. The second kappa shape index (κ2) is 5.68. The van der Waals surface area contributed by atoms with Crippen molar-refractivity contribution in [3.8, 4) is 0 Å². The third-order valence-electron chi connectivity index (χ3n) is 3.76. The van der Waals surface area contributed by atoms with Crippen molar-refractivity contribution in [1.29, 1.82) is 0 Å². The summed E-state index contributed by atoms with van der Waals surface area (Å²) in [6, 6.07) is 0.301. The maximum absolute atomic E-state index is 5.53. The summed E-state index contributed by atoms with van der Waals surface area (Å²) < 4.78 is 5.53. The first-order valence-electron chi connectivity index (χ1n) is 6.76. The van der Waals surface area contributed by atoms with Gasteiger partial charge in [-0.1, -0.05) is 0 Å². The summed E-state index contributed by atoms with van der Waals surface area (Å²) in [6.07, 6.45) is 5.95. The lowest BCUT2D eigenvalue weighted by atomic mass is 9.99. The van der Waals surface area contributed by atoms with Gasteiger partial charge in [0.2, 0.25) is 0 Å². The van der Waals surface area contributed by atoms with Crippen LogP contribution in [0, 0.1) is 0 Å². The van der Waals surface area contributed by atoms with Gasteiger partial charge in [0.25, 0.3) is 0 Å². The average molecular weight is 268 g/mol. The summed E-state index contributed by atoms with van der Waals surface area (Å²) in [6.45, 7) is 4.26. The number of methoxy groups -OCH3 is 1. The van der Waals surface area contributed by atoms with Crippen LogP contribution in [-0.4, -0.2) is 24.7 Å². The first kappa shape index (κ1) is 14.0. The predicted molar refractivity (Wildman–Crippen MR) is 76.3 cm³/mol. The number of nitrogens with one attached hydrogen (secondary N) is 1. The van der Waals surface area contributed by atoms with Crippen LogP contribution in [0.5, 0.6) is 0 Å². The van der Waals surface area contributed by atoms with Gasteiger partial charge >= 0.3 is 0 Å². The van der Waals surface area contributed by atoms with E-state index in [4.69, 9.17) is 9.72 Å². The van der Waals surface area contributed by atoms with Gasteiger partial charge in [-0.3, -0.25) is 0 Å². The molecular weight excluding hydrogens is 244 g/mol. The summed E-state index contributed by atoms with van der Waals surface area (Å²) >= 11 is 1.89. The molecule has 18 heavy (non-hydrogen) atoms. The third-order valence-corrected chi connectivity index (χ3v) is 5.03. The highest BCUT2D eigenvalue weighted by molar-refractivity contribution is 7.11. The third kappa shape index (κ3) is 3.11. The fraction of sp³-hybridized carbons (Fsp3) is 0.786. The number of rotatable bonds is 5. The van der Waals surface area contributed by atoms with E-state index < -0.39 is 0 Å². The lowest BCUT2D eigenvalue weighted by Gasteiger charge is -2.27. The standard InChI is InChI=1S/C14H24N2OS/c1-14(2,17-4)9-11(15-3)13-16-10-7-5-6-8-12(10)18-13/h11,15H,5-9H2,1-4H3. The molecule has 1 aromatic heterocycles. The fourth-order valence-corrected chi connectivity index (χ4v) is 3.67. The van der Waals surface area contributed by atoms with Gasteiger partial charge in [-0.15, -0.1) is 11.3 Å². The molecule has 3 nitrogen and oxygen atoms in total. The number of thiazole rings is 1. The number of aryl methyl sites for hydroxylation is 2. The summed E-state index contributed by atoms with van der Waals surface area (Å²) in [5, 5.41) is 4.62. The van der Waals surface area contributed by atoms with Crippen molar-refractivity contribution in [3.63, 3.8) is 0 Å². The molecule has 1 unspecified atom stereocenters. The molecule has 1 heterocycles. The zero-order valence-corrected chi connectivity index (χ0v) is 12.7. The van der Waals surface area contributed by atoms with E-state index in [2.05, 4.69) is 19.2 Å². The second-order valence-electron chi connectivity index (χ2n) is 5.64. The fourth-order valence-electron chi connectivity index (χ4n) is 2.41. The van der Waals surface area contributed by atoms with E-state index in [0.29, 0.717) is 6.04 Å². The van der Waals surface area contributed by atoms with E-state index in [1.165, 1.54) is 34.8 Å². The molecule has 2 rings (SSSR count). The van der Waals surface area contributed by atoms with Gasteiger partial charge in [0, 0.05) is 12.0 Å². The molecule has 0 saturated carbocycles. The van der Waals surface area contributed by atoms with Crippen molar-refractivity contribution in [3.05, 3.63) is 15.6 Å². The maximum Gasteiger partial charge on any atom is 0.110 e. The van der Waals surface area contributed by atoms with Gasteiger partial charge < -0.3 is 10.1 Å². The molecule has 0 amide bonds. The Morgan fingerprint density at radius 1 is 1.39 bits per heavy atom. The molecule has 1 aliphatic carbocycles. The molecule has 1 N–H and O–H groups in total. The topological polar surface area (TPSA) is 34.1 Å². The minimum absolute atomic E-state index is 0.111. The summed E-state index contributed by atoms with van der Waals surface area (Å²) in [5.74, 6) is 0. The summed E-state index contributed by atoms with van der Waals surface area (Å²) in [5.41, 5.74) is 1.23. The molecule has 0 fully saturated rings. The van der Waals surface area contributed by atoms with Crippen LogP contribution in [0.25, 0.3) is 0 Å². The van der Waals surface area contributed by atoms with Crippen molar-refractivity contribution in [1.82, 2.24) is 10.3 Å². The van der Waals surface area contributed by atoms with E-state index in [0.717, 1.165) is 12.8 Å². The van der Waals surface area contributed by atoms with Crippen LogP contribution < -0.4 is 5.32 Å². The predicted octanol–water partition coefficient (Wildman–Crippen LogP) is 3.10. The first-order valence-corrected chi connectivity index (χ1v) is 7.58. The zero-order valence-electron chi connectivity index (χ0n) is 11.9. The highest BCUT2D eigenvalue weighted by Gasteiger charge is 2.26. The van der Waals surface area contributed by atoms with Crippen LogP contribution >= 0.6 is 11.3 Å². The van der Waals surface area contributed by atoms with E-state index in [1.54, 1.807) is 7.11 Å². The molecule has 102 valence electrons. The van der Waals surface area contributed by atoms with Gasteiger partial charge in [-0.2, -0.15) is 0 Å². The quantitative estimate of drug-likeness (QED) is 0.891. The Balaban J connectivity index is 2.14. The Labute approximate surface area is 114 Å². The second-order valence-corrected chi connectivity index (χ2v) is 6.75. The molecule has 0 saturated heterocycles. The number of ether oxygens (including phenoxy) is 1. The highest BCUT2D eigenvalue weighted by Crippen LogP contribution is 2.33. The van der Waals surface area contributed by atoms with Crippen LogP contribution in [0.4, 0.5) is 0 Å². The molecule has 4 heteroatoms. The monoisotopic (exact) mass is 268 g/mol. The molecule has 0 aromatic carbocycles. The highest BCUT2D eigenvalue weighted by atomic mass is 32.1. The van der Waals surface area contributed by atoms with Gasteiger partial charge in [0.15, 0.2) is 0 Å². The summed E-state index contributed by atoms with van der Waals surface area (Å²) in [4.78, 5) is 6.35. The maximum atomic E-state index is 5.53. The Morgan fingerprint density at radius 2 is 2.11 bits per heavy atom. The molecular formula is C14H24N2OS. The Bertz CT molecular complexity index is 377. The van der Waals surface area contributed by atoms with Gasteiger partial charge in [0.05, 0.1) is 17.3 Å². The van der Waals surface area contributed by atoms with Crippen molar-refractivity contribution in [2.75, 3.05) is 14.2 Å². The van der Waals surface area contributed by atoms with E-state index in [1.807, 2.05) is 18.4 Å². The number of fused-ring (bicyclic) bond motifs is 1. The van der Waals surface area contributed by atoms with Crippen LogP contribution in [0.1, 0.15) is 54.7 Å². The van der Waals surface area contributed by atoms with Crippen LogP contribution in [0.3, 0.4) is 0 Å². The van der Waals surface area contributed by atoms with Crippen LogP contribution in [-0.2, 0) is 17.6 Å². The van der Waals surface area contributed by atoms with Crippen LogP contribution in [0.15, 0.2) is 0 Å². The lowest BCUT2D eigenvalue weighted by molar-refractivity contribution is 0.00742. The van der Waals surface area contributed by atoms with Crippen molar-refractivity contribution in [2.24, 2.45) is 0 Å². The van der Waals surface area contributed by atoms with Gasteiger partial charge in [-0.05, 0) is 53.0 Å². The molecule has 1 aliphatic rings. The minimum atomic E-state index is -0.111. The normalized spacial score (nSPS) is 17.6. The molecule has 0 spiro atoms. The molecule has 0 aliphatic heterocycles. The van der Waals surface area contributed by atoms with Crippen molar-refractivity contribution < 1.29 is 4.74 Å². The van der Waals surface area contributed by atoms with Crippen molar-refractivity contribution >= 4 is 11.3 Å². The number of hydrogen-bond donors (Lipinski definition) is 1. The lowest BCUT2D eigenvalue weighted by Crippen LogP contribution is -2.30. The number of nitrogens with zero attached hydrogens (tertiary/aromatic N) is 1. The van der Waals surface area contributed by atoms with Gasteiger partial charge in [-0.25, -0.2) is 4.98 Å². The van der Waals surface area contributed by atoms with E-state index in [-0.39, 0.29) is 5.60 Å². The molecule has 1 aromatic rings. The first-order chi connectivity index (χ1) is 8.55. The molecule has 0 bridgehead atoms. The largest absolute Gasteiger partial charge is 0.379 e. The zero-order chi connectivity index (χ0) is 13.2. The van der Waals surface area contributed by atoms with Crippen LogP contribution in [0.2, 0.25) is 0 Å². The molecule has 0 radical (unpaired) electrons. The Kier molecular flexibility index (Phi) is 4.41. The minimum Gasteiger partial charge on any atom is -0.379 e. The SMILES string of the molecule is CNC(CC(C)(C)OC)c1nc2c(s1)CCCC2. The number of aromatic nitrogens is 1. The molecule has 1 atom stereocenters. The van der Waals surface area contributed by atoms with E-state index in [9.17, 15) is 0 Å². The van der Waals surface area contributed by atoms with E-state index >= 15 is 0 Å². The van der Waals surface area contributed by atoms with Crippen molar-refractivity contribution in [2.45, 2.75) is 57.6 Å². The Hall–Kier alpha value is -0.450.